The second-order valence-electron chi connectivity index (χ2n) is 7.63. The lowest BCUT2D eigenvalue weighted by Crippen LogP contribution is -2.45. The van der Waals surface area contributed by atoms with Crippen LogP contribution in [0, 0.1) is 18.7 Å². The Morgan fingerprint density at radius 1 is 1.10 bits per heavy atom. The van der Waals surface area contributed by atoms with Crippen LogP contribution in [0.1, 0.15) is 28.8 Å². The van der Waals surface area contributed by atoms with Gasteiger partial charge in [-0.1, -0.05) is 24.3 Å². The number of likely N-dealkylation sites (N-methyl/N-ethyl adjacent to an activating group) is 1. The molecule has 2 aromatic rings. The van der Waals surface area contributed by atoms with Gasteiger partial charge in [0.15, 0.2) is 0 Å². The number of anilines is 1. The fourth-order valence-electron chi connectivity index (χ4n) is 3.68. The molecule has 1 aliphatic heterocycles. The minimum absolute atomic E-state index is 0.0122. The molecule has 30 heavy (non-hydrogen) atoms. The molecule has 6 nitrogen and oxygen atoms in total. The Labute approximate surface area is 175 Å². The van der Waals surface area contributed by atoms with Crippen molar-refractivity contribution in [3.05, 3.63) is 65.5 Å². The maximum absolute atomic E-state index is 13.2. The molecule has 1 saturated heterocycles. The predicted molar refractivity (Wildman–Crippen MR) is 112 cm³/mol. The van der Waals surface area contributed by atoms with Crippen LogP contribution in [0.2, 0.25) is 0 Å². The molecule has 3 rings (SSSR count). The Kier molecular flexibility index (Phi) is 6.82. The first-order valence-electron chi connectivity index (χ1n) is 10.0. The molecule has 2 aromatic carbocycles. The third-order valence-corrected chi connectivity index (χ3v) is 5.37. The highest BCUT2D eigenvalue weighted by atomic mass is 19.1. The number of amides is 3. The Balaban J connectivity index is 1.50. The van der Waals surface area contributed by atoms with Crippen LogP contribution in [-0.4, -0.2) is 54.2 Å². The Hall–Kier alpha value is -3.22. The van der Waals surface area contributed by atoms with Gasteiger partial charge in [-0.25, -0.2) is 4.39 Å². The summed E-state index contributed by atoms with van der Waals surface area (Å²) >= 11 is 0. The number of likely N-dealkylation sites (tertiary alicyclic amines) is 1. The van der Waals surface area contributed by atoms with E-state index in [4.69, 9.17) is 0 Å². The molecule has 1 aliphatic rings. The number of carbonyl (C=O) groups is 3. The topological polar surface area (TPSA) is 69.7 Å². The SMILES string of the molecule is Cc1ccccc1C(=O)N1CCC(C(=O)N(C)CC(=O)Nc2cccc(F)c2)CC1. The van der Waals surface area contributed by atoms with Gasteiger partial charge in [-0.2, -0.15) is 0 Å². The van der Waals surface area contributed by atoms with E-state index in [1.165, 1.54) is 23.1 Å². The van der Waals surface area contributed by atoms with Gasteiger partial charge in [0.05, 0.1) is 6.54 Å². The molecule has 1 N–H and O–H groups in total. The number of carbonyl (C=O) groups excluding carboxylic acids is 3. The molecule has 7 heteroatoms. The van der Waals surface area contributed by atoms with Gasteiger partial charge in [0.2, 0.25) is 11.8 Å². The van der Waals surface area contributed by atoms with Crippen LogP contribution >= 0.6 is 0 Å². The van der Waals surface area contributed by atoms with Crippen LogP contribution in [0.3, 0.4) is 0 Å². The third kappa shape index (κ3) is 5.23. The van der Waals surface area contributed by atoms with Crippen LogP contribution in [0.5, 0.6) is 0 Å². The van der Waals surface area contributed by atoms with Crippen LogP contribution in [-0.2, 0) is 9.59 Å². The maximum atomic E-state index is 13.2. The highest BCUT2D eigenvalue weighted by Crippen LogP contribution is 2.22. The van der Waals surface area contributed by atoms with Gasteiger partial charge in [0, 0.05) is 37.3 Å². The molecule has 0 aromatic heterocycles. The number of piperidine rings is 1. The zero-order valence-corrected chi connectivity index (χ0v) is 17.2. The number of hydrogen-bond acceptors (Lipinski definition) is 3. The lowest BCUT2D eigenvalue weighted by Gasteiger charge is -2.33. The maximum Gasteiger partial charge on any atom is 0.254 e. The number of benzene rings is 2. The molecule has 1 fully saturated rings. The summed E-state index contributed by atoms with van der Waals surface area (Å²) in [6.07, 6.45) is 1.12. The molecule has 0 radical (unpaired) electrons. The van der Waals surface area contributed by atoms with E-state index in [0.717, 1.165) is 5.56 Å². The Morgan fingerprint density at radius 2 is 1.80 bits per heavy atom. The normalized spacial score (nSPS) is 14.3. The number of nitrogens with one attached hydrogen (secondary N) is 1. The summed E-state index contributed by atoms with van der Waals surface area (Å²) in [5.74, 6) is -1.18. The van der Waals surface area contributed by atoms with Gasteiger partial charge in [-0.05, 0) is 49.6 Å². The average molecular weight is 411 g/mol. The zero-order chi connectivity index (χ0) is 21.7. The Morgan fingerprint density at radius 3 is 2.47 bits per heavy atom. The molecule has 158 valence electrons. The van der Waals surface area contributed by atoms with Crippen molar-refractivity contribution in [2.24, 2.45) is 5.92 Å². The lowest BCUT2D eigenvalue weighted by atomic mass is 9.94. The fourth-order valence-corrected chi connectivity index (χ4v) is 3.68. The number of aryl methyl sites for hydroxylation is 1. The summed E-state index contributed by atoms with van der Waals surface area (Å²) < 4.78 is 13.2. The van der Waals surface area contributed by atoms with E-state index in [9.17, 15) is 18.8 Å². The standard InChI is InChI=1S/C23H26FN3O3/c1-16-6-3-4-9-20(16)23(30)27-12-10-17(11-13-27)22(29)26(2)15-21(28)25-19-8-5-7-18(24)14-19/h3-9,14,17H,10-13,15H2,1-2H3,(H,25,28). The van der Waals surface area contributed by atoms with E-state index in [0.29, 0.717) is 37.2 Å². The zero-order valence-electron chi connectivity index (χ0n) is 17.2. The average Bonchev–Trinajstić information content (AvgIpc) is 2.73. The highest BCUT2D eigenvalue weighted by Gasteiger charge is 2.30. The minimum Gasteiger partial charge on any atom is -0.339 e. The van der Waals surface area contributed by atoms with Crippen molar-refractivity contribution in [3.63, 3.8) is 0 Å². The molecule has 0 atom stereocenters. The number of nitrogens with zero attached hydrogens (tertiary/aromatic N) is 2. The van der Waals surface area contributed by atoms with Gasteiger partial charge in [0.25, 0.3) is 5.91 Å². The fraction of sp³-hybridized carbons (Fsp3) is 0.348. The molecule has 1 heterocycles. The molecule has 3 amide bonds. The van der Waals surface area contributed by atoms with Crippen molar-refractivity contribution in [3.8, 4) is 0 Å². The van der Waals surface area contributed by atoms with E-state index in [1.54, 1.807) is 18.0 Å². The van der Waals surface area contributed by atoms with E-state index in [-0.39, 0.29) is 30.2 Å². The van der Waals surface area contributed by atoms with Crippen molar-refractivity contribution < 1.29 is 18.8 Å². The smallest absolute Gasteiger partial charge is 0.254 e. The second-order valence-corrected chi connectivity index (χ2v) is 7.63. The van der Waals surface area contributed by atoms with Crippen LogP contribution in [0.25, 0.3) is 0 Å². The Bertz CT molecular complexity index is 939. The van der Waals surface area contributed by atoms with Crippen LogP contribution in [0.15, 0.2) is 48.5 Å². The van der Waals surface area contributed by atoms with E-state index < -0.39 is 5.82 Å². The molecule has 0 aliphatic carbocycles. The minimum atomic E-state index is -0.441. The van der Waals surface area contributed by atoms with Crippen molar-refractivity contribution in [1.82, 2.24) is 9.80 Å². The summed E-state index contributed by atoms with van der Waals surface area (Å²) in [6, 6.07) is 13.1. The monoisotopic (exact) mass is 411 g/mol. The van der Waals surface area contributed by atoms with Crippen LogP contribution in [0.4, 0.5) is 10.1 Å². The van der Waals surface area contributed by atoms with Crippen molar-refractivity contribution in [2.45, 2.75) is 19.8 Å². The second kappa shape index (κ2) is 9.52. The molecule has 0 spiro atoms. The van der Waals surface area contributed by atoms with Gasteiger partial charge >= 0.3 is 0 Å². The van der Waals surface area contributed by atoms with E-state index >= 15 is 0 Å². The van der Waals surface area contributed by atoms with Gasteiger partial charge < -0.3 is 15.1 Å². The first kappa shape index (κ1) is 21.5. The van der Waals surface area contributed by atoms with Gasteiger partial charge in [-0.3, -0.25) is 14.4 Å². The largest absolute Gasteiger partial charge is 0.339 e. The van der Waals surface area contributed by atoms with E-state index in [1.807, 2.05) is 31.2 Å². The summed E-state index contributed by atoms with van der Waals surface area (Å²) in [7, 11) is 1.58. The lowest BCUT2D eigenvalue weighted by molar-refractivity contribution is -0.138. The van der Waals surface area contributed by atoms with Gasteiger partial charge in [0.1, 0.15) is 5.82 Å². The number of halogens is 1. The molecule has 0 unspecified atom stereocenters. The van der Waals surface area contributed by atoms with E-state index in [2.05, 4.69) is 5.32 Å². The quantitative estimate of drug-likeness (QED) is 0.822. The molecular weight excluding hydrogens is 385 g/mol. The first-order valence-corrected chi connectivity index (χ1v) is 10.0. The number of hydrogen-bond donors (Lipinski definition) is 1. The summed E-state index contributed by atoms with van der Waals surface area (Å²) in [6.45, 7) is 2.81. The van der Waals surface area contributed by atoms with Crippen molar-refractivity contribution in [2.75, 3.05) is 32.0 Å². The summed E-state index contributed by atoms with van der Waals surface area (Å²) in [5, 5.41) is 2.59. The third-order valence-electron chi connectivity index (χ3n) is 5.37. The molecule has 0 saturated carbocycles. The van der Waals surface area contributed by atoms with Gasteiger partial charge in [-0.15, -0.1) is 0 Å². The summed E-state index contributed by atoms with van der Waals surface area (Å²) in [4.78, 5) is 40.8. The predicted octanol–water partition coefficient (Wildman–Crippen LogP) is 3.08. The number of rotatable bonds is 5. The van der Waals surface area contributed by atoms with Crippen molar-refractivity contribution in [1.29, 1.82) is 0 Å². The molecular formula is C23H26FN3O3. The first-order chi connectivity index (χ1) is 14.3. The molecule has 0 bridgehead atoms. The van der Waals surface area contributed by atoms with Crippen LogP contribution < -0.4 is 5.32 Å². The summed E-state index contributed by atoms with van der Waals surface area (Å²) in [5.41, 5.74) is 1.97. The van der Waals surface area contributed by atoms with Crippen molar-refractivity contribution >= 4 is 23.4 Å². The highest BCUT2D eigenvalue weighted by molar-refractivity contribution is 5.96.